The van der Waals surface area contributed by atoms with Gasteiger partial charge in [-0.2, -0.15) is 0 Å². The summed E-state index contributed by atoms with van der Waals surface area (Å²) in [5.74, 6) is -2.04. The number of nitrogens with one attached hydrogen (secondary N) is 2. The highest BCUT2D eigenvalue weighted by atomic mass is 35.5. The Hall–Kier alpha value is -2.81. The Morgan fingerprint density at radius 1 is 1.03 bits per heavy atom. The quantitative estimate of drug-likeness (QED) is 0.187. The molecule has 2 N–H and O–H groups in total. The Morgan fingerprint density at radius 2 is 1.74 bits per heavy atom. The molecule has 1 fully saturated rings. The van der Waals surface area contributed by atoms with Crippen LogP contribution in [0.25, 0.3) is 0 Å². The van der Waals surface area contributed by atoms with Crippen molar-refractivity contribution in [3.63, 3.8) is 0 Å². The smallest absolute Gasteiger partial charge is 0.328 e. The second-order valence-electron chi connectivity index (χ2n) is 9.53. The van der Waals surface area contributed by atoms with Gasteiger partial charge in [-0.05, 0) is 50.9 Å². The molecule has 1 saturated carbocycles. The number of carbonyl (C=O) groups excluding carboxylic acids is 3. The van der Waals surface area contributed by atoms with Gasteiger partial charge in [-0.3, -0.25) is 9.59 Å². The van der Waals surface area contributed by atoms with E-state index in [0.717, 1.165) is 44.2 Å². The molecular weight excluding hydrogens is 543 g/mol. The number of esters is 2. The third-order valence-electron chi connectivity index (χ3n) is 6.66. The third-order valence-corrected chi connectivity index (χ3v) is 7.28. The lowest BCUT2D eigenvalue weighted by atomic mass is 9.89. The summed E-state index contributed by atoms with van der Waals surface area (Å²) >= 11 is 13.2. The van der Waals surface area contributed by atoms with E-state index >= 15 is 0 Å². The maximum absolute atomic E-state index is 13.5. The number of benzene rings is 2. The third kappa shape index (κ3) is 8.85. The number of ether oxygens (including phenoxy) is 3. The van der Waals surface area contributed by atoms with Gasteiger partial charge in [0.15, 0.2) is 11.5 Å². The lowest BCUT2D eigenvalue weighted by molar-refractivity contribution is -0.143. The van der Waals surface area contributed by atoms with Gasteiger partial charge in [-0.15, -0.1) is 0 Å². The number of rotatable bonds is 13. The molecule has 39 heavy (non-hydrogen) atoms. The standard InChI is InChI=1S/C29H36Cl2N2O6/c1-32-15-9-10-16-38-26-22(30)18-21(25(24(26)31)39-28(35)20-13-7-4-8-14-20)27(34)33-23(29(36)37-2)17-19-11-5-3-6-12-19/h3,5-6,11-12,18,20,23,32H,4,7-10,13-17H2,1-2H3,(H,33,34). The molecule has 0 saturated heterocycles. The van der Waals surface area contributed by atoms with E-state index in [1.165, 1.54) is 13.2 Å². The molecule has 2 aromatic carbocycles. The average molecular weight is 580 g/mol. The minimum absolute atomic E-state index is 0.0666. The second kappa shape index (κ2) is 15.7. The van der Waals surface area contributed by atoms with Gasteiger partial charge in [-0.1, -0.05) is 72.8 Å². The van der Waals surface area contributed by atoms with Crippen LogP contribution in [-0.2, 0) is 20.7 Å². The van der Waals surface area contributed by atoms with Gasteiger partial charge < -0.3 is 24.8 Å². The zero-order chi connectivity index (χ0) is 28.2. The summed E-state index contributed by atoms with van der Waals surface area (Å²) in [6, 6.07) is 9.58. The molecule has 0 spiro atoms. The van der Waals surface area contributed by atoms with Crippen molar-refractivity contribution < 1.29 is 28.6 Å². The van der Waals surface area contributed by atoms with Gasteiger partial charge in [-0.25, -0.2) is 4.79 Å². The van der Waals surface area contributed by atoms with Gasteiger partial charge in [0.05, 0.1) is 30.2 Å². The minimum atomic E-state index is -0.993. The highest BCUT2D eigenvalue weighted by Gasteiger charge is 2.31. The van der Waals surface area contributed by atoms with E-state index < -0.39 is 23.9 Å². The van der Waals surface area contributed by atoms with E-state index in [1.807, 2.05) is 37.4 Å². The molecule has 212 valence electrons. The first-order valence-corrected chi connectivity index (χ1v) is 14.0. The van der Waals surface area contributed by atoms with Crippen molar-refractivity contribution in [3.05, 3.63) is 57.6 Å². The van der Waals surface area contributed by atoms with E-state index in [0.29, 0.717) is 19.4 Å². The molecule has 10 heteroatoms. The molecule has 1 amide bonds. The zero-order valence-electron chi connectivity index (χ0n) is 22.4. The van der Waals surface area contributed by atoms with Gasteiger partial charge in [0.1, 0.15) is 11.1 Å². The molecule has 0 aliphatic heterocycles. The molecule has 3 rings (SSSR count). The van der Waals surface area contributed by atoms with E-state index in [2.05, 4.69) is 10.6 Å². The Bertz CT molecular complexity index is 1120. The Balaban J connectivity index is 1.90. The van der Waals surface area contributed by atoms with Crippen LogP contribution < -0.4 is 20.1 Å². The molecule has 1 atom stereocenters. The van der Waals surface area contributed by atoms with Crippen LogP contribution in [0.4, 0.5) is 0 Å². The monoisotopic (exact) mass is 578 g/mol. The number of halogens is 2. The Morgan fingerprint density at radius 3 is 2.41 bits per heavy atom. The molecular formula is C29H36Cl2N2O6. The van der Waals surface area contributed by atoms with Crippen molar-refractivity contribution in [3.8, 4) is 11.5 Å². The second-order valence-corrected chi connectivity index (χ2v) is 10.3. The first-order chi connectivity index (χ1) is 18.8. The largest absolute Gasteiger partial charge is 0.490 e. The molecule has 1 aliphatic rings. The number of unbranched alkanes of at least 4 members (excludes halogenated alkanes) is 1. The first kappa shape index (κ1) is 30.7. The van der Waals surface area contributed by atoms with Crippen LogP contribution in [-0.4, -0.2) is 51.2 Å². The van der Waals surface area contributed by atoms with Crippen LogP contribution in [0.5, 0.6) is 11.5 Å². The number of methoxy groups -OCH3 is 1. The summed E-state index contributed by atoms with van der Waals surface area (Å²) in [6.45, 7) is 1.17. The normalized spacial score (nSPS) is 14.4. The minimum Gasteiger partial charge on any atom is -0.490 e. The fourth-order valence-corrected chi connectivity index (χ4v) is 5.11. The van der Waals surface area contributed by atoms with Gasteiger partial charge in [0.2, 0.25) is 0 Å². The van der Waals surface area contributed by atoms with Crippen molar-refractivity contribution in [2.75, 3.05) is 27.3 Å². The van der Waals surface area contributed by atoms with Crippen molar-refractivity contribution in [2.24, 2.45) is 5.92 Å². The summed E-state index contributed by atoms with van der Waals surface area (Å²) in [4.78, 5) is 39.1. The number of amides is 1. The van der Waals surface area contributed by atoms with Crippen LogP contribution in [0.15, 0.2) is 36.4 Å². The summed E-state index contributed by atoms with van der Waals surface area (Å²) in [7, 11) is 3.12. The van der Waals surface area contributed by atoms with Crippen LogP contribution in [0, 0.1) is 5.92 Å². The number of hydrogen-bond donors (Lipinski definition) is 2. The lowest BCUT2D eigenvalue weighted by Crippen LogP contribution is -2.43. The zero-order valence-corrected chi connectivity index (χ0v) is 23.9. The predicted molar refractivity (Wildman–Crippen MR) is 151 cm³/mol. The number of carbonyl (C=O) groups is 3. The van der Waals surface area contributed by atoms with E-state index in [9.17, 15) is 14.4 Å². The lowest BCUT2D eigenvalue weighted by Gasteiger charge is -2.23. The van der Waals surface area contributed by atoms with E-state index in [1.54, 1.807) is 0 Å². The fraction of sp³-hybridized carbons (Fsp3) is 0.483. The van der Waals surface area contributed by atoms with Crippen molar-refractivity contribution in [1.29, 1.82) is 0 Å². The topological polar surface area (TPSA) is 103 Å². The molecule has 0 aromatic heterocycles. The fourth-order valence-electron chi connectivity index (χ4n) is 4.51. The SMILES string of the molecule is CNCCCCOc1c(Cl)cc(C(=O)NC(Cc2ccccc2)C(=O)OC)c(OC(=O)C2CCCCC2)c1Cl. The highest BCUT2D eigenvalue weighted by Crippen LogP contribution is 2.43. The van der Waals surface area contributed by atoms with Crippen LogP contribution >= 0.6 is 23.2 Å². The van der Waals surface area contributed by atoms with E-state index in [4.69, 9.17) is 37.4 Å². The molecule has 8 nitrogen and oxygen atoms in total. The average Bonchev–Trinajstić information content (AvgIpc) is 2.95. The Labute approximate surface area is 239 Å². The van der Waals surface area contributed by atoms with Gasteiger partial charge in [0.25, 0.3) is 5.91 Å². The number of hydrogen-bond acceptors (Lipinski definition) is 7. The molecule has 1 aliphatic carbocycles. The van der Waals surface area contributed by atoms with Crippen molar-refractivity contribution >= 4 is 41.0 Å². The van der Waals surface area contributed by atoms with Crippen LogP contribution in [0.1, 0.15) is 60.9 Å². The first-order valence-electron chi connectivity index (χ1n) is 13.3. The van der Waals surface area contributed by atoms with Crippen molar-refractivity contribution in [1.82, 2.24) is 10.6 Å². The summed E-state index contributed by atoms with van der Waals surface area (Å²) < 4.78 is 16.5. The molecule has 0 bridgehead atoms. The van der Waals surface area contributed by atoms with E-state index in [-0.39, 0.29) is 39.4 Å². The molecule has 0 radical (unpaired) electrons. The summed E-state index contributed by atoms with van der Waals surface area (Å²) in [5, 5.41) is 5.79. The van der Waals surface area contributed by atoms with Crippen LogP contribution in [0.2, 0.25) is 10.0 Å². The predicted octanol–water partition coefficient (Wildman–Crippen LogP) is 5.37. The van der Waals surface area contributed by atoms with Crippen LogP contribution in [0.3, 0.4) is 0 Å². The van der Waals surface area contributed by atoms with Gasteiger partial charge >= 0.3 is 11.9 Å². The Kier molecular flexibility index (Phi) is 12.4. The highest BCUT2D eigenvalue weighted by molar-refractivity contribution is 6.39. The maximum Gasteiger partial charge on any atom is 0.328 e. The maximum atomic E-state index is 13.5. The summed E-state index contributed by atoms with van der Waals surface area (Å²) in [6.07, 6.45) is 6.18. The van der Waals surface area contributed by atoms with Crippen molar-refractivity contribution in [2.45, 2.75) is 57.4 Å². The molecule has 0 heterocycles. The molecule has 2 aromatic rings. The summed E-state index contributed by atoms with van der Waals surface area (Å²) in [5.41, 5.74) is 0.758. The van der Waals surface area contributed by atoms with Gasteiger partial charge in [0, 0.05) is 6.42 Å². The molecule has 1 unspecified atom stereocenters.